The van der Waals surface area contributed by atoms with Gasteiger partial charge in [-0.25, -0.2) is 10.0 Å². The largest absolute Gasteiger partial charge is 0.481 e. The SMILES string of the molecule is CN1CCN(C2CCCC(C(=O)O)C2)CN1C. The molecule has 1 saturated heterocycles. The molecule has 1 heterocycles. The molecule has 0 aromatic carbocycles. The zero-order valence-electron chi connectivity index (χ0n) is 10.8. The Morgan fingerprint density at radius 1 is 1.18 bits per heavy atom. The van der Waals surface area contributed by atoms with Gasteiger partial charge in [-0.2, -0.15) is 0 Å². The van der Waals surface area contributed by atoms with Gasteiger partial charge in [-0.15, -0.1) is 0 Å². The van der Waals surface area contributed by atoms with Crippen molar-refractivity contribution >= 4 is 5.97 Å². The van der Waals surface area contributed by atoms with Crippen molar-refractivity contribution in [1.82, 2.24) is 14.9 Å². The molecule has 0 amide bonds. The van der Waals surface area contributed by atoms with Crippen molar-refractivity contribution in [1.29, 1.82) is 0 Å². The number of nitrogens with zero attached hydrogens (tertiary/aromatic N) is 3. The van der Waals surface area contributed by atoms with Crippen LogP contribution in [-0.2, 0) is 4.79 Å². The zero-order valence-corrected chi connectivity index (χ0v) is 10.8. The van der Waals surface area contributed by atoms with Crippen LogP contribution < -0.4 is 0 Å². The predicted molar refractivity (Wildman–Crippen MR) is 65.3 cm³/mol. The third kappa shape index (κ3) is 2.97. The topological polar surface area (TPSA) is 47.0 Å². The number of rotatable bonds is 2. The fraction of sp³-hybridized carbons (Fsp3) is 0.917. The maximum atomic E-state index is 11.1. The summed E-state index contributed by atoms with van der Waals surface area (Å²) < 4.78 is 0. The fourth-order valence-corrected chi connectivity index (χ4v) is 2.90. The van der Waals surface area contributed by atoms with Gasteiger partial charge in [-0.1, -0.05) is 6.42 Å². The Morgan fingerprint density at radius 2 is 1.94 bits per heavy atom. The van der Waals surface area contributed by atoms with Crippen LogP contribution in [0, 0.1) is 5.92 Å². The molecule has 1 saturated carbocycles. The van der Waals surface area contributed by atoms with Crippen LogP contribution in [0.3, 0.4) is 0 Å². The summed E-state index contributed by atoms with van der Waals surface area (Å²) in [5.74, 6) is -0.740. The zero-order chi connectivity index (χ0) is 12.4. The number of carbonyl (C=O) groups is 1. The van der Waals surface area contributed by atoms with Gasteiger partial charge in [0.15, 0.2) is 0 Å². The monoisotopic (exact) mass is 241 g/mol. The maximum Gasteiger partial charge on any atom is 0.306 e. The van der Waals surface area contributed by atoms with Crippen molar-refractivity contribution in [2.75, 3.05) is 33.9 Å². The number of likely N-dealkylation sites (N-methyl/N-ethyl adjacent to an activating group) is 1. The molecule has 2 aliphatic rings. The van der Waals surface area contributed by atoms with Gasteiger partial charge >= 0.3 is 5.97 Å². The van der Waals surface area contributed by atoms with Gasteiger partial charge < -0.3 is 5.11 Å². The molecule has 5 nitrogen and oxygen atoms in total. The van der Waals surface area contributed by atoms with Gasteiger partial charge in [0.25, 0.3) is 0 Å². The second-order valence-corrected chi connectivity index (χ2v) is 5.35. The van der Waals surface area contributed by atoms with Crippen LogP contribution in [-0.4, -0.2) is 65.9 Å². The fourth-order valence-electron chi connectivity index (χ4n) is 2.90. The average molecular weight is 241 g/mol. The first-order chi connectivity index (χ1) is 8.08. The number of aliphatic carboxylic acids is 1. The van der Waals surface area contributed by atoms with Crippen molar-refractivity contribution < 1.29 is 9.90 Å². The molecule has 0 spiro atoms. The Balaban J connectivity index is 1.91. The molecule has 0 aromatic heterocycles. The highest BCUT2D eigenvalue weighted by molar-refractivity contribution is 5.70. The normalized spacial score (nSPS) is 33.8. The minimum Gasteiger partial charge on any atom is -0.481 e. The molecule has 1 N–H and O–H groups in total. The number of hydrogen-bond donors (Lipinski definition) is 1. The van der Waals surface area contributed by atoms with Gasteiger partial charge in [0.05, 0.1) is 12.6 Å². The first kappa shape index (κ1) is 12.8. The van der Waals surface area contributed by atoms with E-state index < -0.39 is 5.97 Å². The molecule has 2 rings (SSSR count). The Labute approximate surface area is 103 Å². The second-order valence-electron chi connectivity index (χ2n) is 5.35. The molecule has 2 unspecified atom stereocenters. The predicted octanol–water partition coefficient (Wildman–Crippen LogP) is 0.681. The van der Waals surface area contributed by atoms with E-state index in [-0.39, 0.29) is 5.92 Å². The Hall–Kier alpha value is -0.650. The van der Waals surface area contributed by atoms with Crippen LogP contribution in [0.5, 0.6) is 0 Å². The van der Waals surface area contributed by atoms with E-state index in [4.69, 9.17) is 5.11 Å². The number of hydrazine groups is 1. The third-order valence-electron chi connectivity index (χ3n) is 4.19. The minimum atomic E-state index is -0.614. The summed E-state index contributed by atoms with van der Waals surface area (Å²) in [6, 6.07) is 0.459. The lowest BCUT2D eigenvalue weighted by Crippen LogP contribution is -2.56. The van der Waals surface area contributed by atoms with Crippen LogP contribution in [0.2, 0.25) is 0 Å². The summed E-state index contributed by atoms with van der Waals surface area (Å²) in [4.78, 5) is 13.5. The Bertz CT molecular complexity index is 285. The molecule has 0 bridgehead atoms. The summed E-state index contributed by atoms with van der Waals surface area (Å²) in [6.07, 6.45) is 3.89. The van der Waals surface area contributed by atoms with Crippen LogP contribution in [0.25, 0.3) is 0 Å². The van der Waals surface area contributed by atoms with Gasteiger partial charge in [-0.05, 0) is 19.3 Å². The first-order valence-corrected chi connectivity index (χ1v) is 6.47. The summed E-state index contributed by atoms with van der Waals surface area (Å²) >= 11 is 0. The standard InChI is InChI=1S/C12H23N3O2/c1-13-6-7-15(9-14(13)2)11-5-3-4-10(8-11)12(16)17/h10-11H,3-9H2,1-2H3,(H,16,17). The van der Waals surface area contributed by atoms with E-state index in [0.717, 1.165) is 45.4 Å². The smallest absolute Gasteiger partial charge is 0.306 e. The van der Waals surface area contributed by atoms with Gasteiger partial charge in [-0.3, -0.25) is 9.69 Å². The van der Waals surface area contributed by atoms with Gasteiger partial charge in [0, 0.05) is 33.2 Å². The Kier molecular flexibility index (Phi) is 4.01. The number of carboxylic acid groups (broad SMARTS) is 1. The third-order valence-corrected chi connectivity index (χ3v) is 4.19. The van der Waals surface area contributed by atoms with E-state index in [1.54, 1.807) is 0 Å². The van der Waals surface area contributed by atoms with Crippen molar-refractivity contribution in [2.24, 2.45) is 5.92 Å². The van der Waals surface area contributed by atoms with E-state index in [0.29, 0.717) is 6.04 Å². The van der Waals surface area contributed by atoms with Crippen molar-refractivity contribution in [3.63, 3.8) is 0 Å². The first-order valence-electron chi connectivity index (χ1n) is 6.47. The molecule has 17 heavy (non-hydrogen) atoms. The molecule has 98 valence electrons. The van der Waals surface area contributed by atoms with Crippen LogP contribution in [0.4, 0.5) is 0 Å². The second kappa shape index (κ2) is 5.33. The highest BCUT2D eigenvalue weighted by atomic mass is 16.4. The lowest BCUT2D eigenvalue weighted by molar-refractivity contribution is -0.144. The summed E-state index contributed by atoms with van der Waals surface area (Å²) in [5, 5.41) is 13.5. The maximum absolute atomic E-state index is 11.1. The molecular weight excluding hydrogens is 218 g/mol. The molecule has 5 heteroatoms. The van der Waals surface area contributed by atoms with E-state index in [1.807, 2.05) is 0 Å². The van der Waals surface area contributed by atoms with E-state index in [2.05, 4.69) is 29.0 Å². The lowest BCUT2D eigenvalue weighted by Gasteiger charge is -2.45. The van der Waals surface area contributed by atoms with Crippen molar-refractivity contribution in [2.45, 2.75) is 31.7 Å². The quantitative estimate of drug-likeness (QED) is 0.770. The van der Waals surface area contributed by atoms with E-state index >= 15 is 0 Å². The molecule has 2 atom stereocenters. The molecule has 1 aliphatic carbocycles. The van der Waals surface area contributed by atoms with Gasteiger partial charge in [0.1, 0.15) is 0 Å². The number of carboxylic acids is 1. The summed E-state index contributed by atoms with van der Waals surface area (Å²) in [5.41, 5.74) is 0. The molecule has 1 aliphatic heterocycles. The van der Waals surface area contributed by atoms with E-state index in [9.17, 15) is 4.79 Å². The minimum absolute atomic E-state index is 0.126. The summed E-state index contributed by atoms with van der Waals surface area (Å²) in [7, 11) is 4.18. The highest BCUT2D eigenvalue weighted by Crippen LogP contribution is 2.28. The van der Waals surface area contributed by atoms with E-state index in [1.165, 1.54) is 0 Å². The Morgan fingerprint density at radius 3 is 2.59 bits per heavy atom. The average Bonchev–Trinajstić information content (AvgIpc) is 2.33. The van der Waals surface area contributed by atoms with Crippen LogP contribution in [0.15, 0.2) is 0 Å². The molecule has 0 aromatic rings. The molecule has 2 fully saturated rings. The molecular formula is C12H23N3O2. The molecule has 0 radical (unpaired) electrons. The van der Waals surface area contributed by atoms with Crippen molar-refractivity contribution in [3.8, 4) is 0 Å². The number of hydrogen-bond acceptors (Lipinski definition) is 4. The highest BCUT2D eigenvalue weighted by Gasteiger charge is 2.32. The van der Waals surface area contributed by atoms with Gasteiger partial charge in [0.2, 0.25) is 0 Å². The van der Waals surface area contributed by atoms with Crippen LogP contribution in [0.1, 0.15) is 25.7 Å². The van der Waals surface area contributed by atoms with Crippen LogP contribution >= 0.6 is 0 Å². The van der Waals surface area contributed by atoms with Crippen molar-refractivity contribution in [3.05, 3.63) is 0 Å². The summed E-state index contributed by atoms with van der Waals surface area (Å²) in [6.45, 7) is 3.01. The lowest BCUT2D eigenvalue weighted by atomic mass is 9.85.